The molecule has 6 nitrogen and oxygen atoms in total. The van der Waals surface area contributed by atoms with E-state index in [-0.39, 0.29) is 17.8 Å². The highest BCUT2D eigenvalue weighted by Gasteiger charge is 2.26. The molecule has 3 aromatic rings. The lowest BCUT2D eigenvalue weighted by Gasteiger charge is -2.08. The van der Waals surface area contributed by atoms with Gasteiger partial charge in [0, 0.05) is 23.1 Å². The van der Waals surface area contributed by atoms with E-state index in [1.54, 1.807) is 10.7 Å². The van der Waals surface area contributed by atoms with Crippen molar-refractivity contribution >= 4 is 33.3 Å². The van der Waals surface area contributed by atoms with E-state index >= 15 is 0 Å². The van der Waals surface area contributed by atoms with Crippen molar-refractivity contribution in [3.63, 3.8) is 0 Å². The molecular formula is C17H16N4O2S. The number of nitrogens with one attached hydrogen (secondary N) is 1. The molecular weight excluding hydrogens is 324 g/mol. The highest BCUT2D eigenvalue weighted by molar-refractivity contribution is 7.13. The first-order valence-corrected chi connectivity index (χ1v) is 8.79. The first-order chi connectivity index (χ1) is 11.7. The minimum absolute atomic E-state index is 0.101. The maximum absolute atomic E-state index is 12.1. The van der Waals surface area contributed by atoms with Crippen LogP contribution in [0.4, 0.5) is 5.13 Å². The van der Waals surface area contributed by atoms with Crippen LogP contribution < -0.4 is 10.7 Å². The maximum Gasteiger partial charge on any atom is 0.228 e. The number of amides is 1. The van der Waals surface area contributed by atoms with Gasteiger partial charge < -0.3 is 5.32 Å². The molecule has 122 valence electrons. The molecule has 1 aromatic carbocycles. The van der Waals surface area contributed by atoms with Crippen molar-refractivity contribution in [3.05, 3.63) is 51.8 Å². The van der Waals surface area contributed by atoms with Crippen molar-refractivity contribution < 1.29 is 4.79 Å². The Labute approximate surface area is 142 Å². The third-order valence-corrected chi connectivity index (χ3v) is 4.85. The fourth-order valence-electron chi connectivity index (χ4n) is 2.64. The number of aromatic nitrogens is 3. The molecule has 0 atom stereocenters. The van der Waals surface area contributed by atoms with E-state index in [1.165, 1.54) is 30.4 Å². The smallest absolute Gasteiger partial charge is 0.228 e. The summed E-state index contributed by atoms with van der Waals surface area (Å²) in [7, 11) is 0. The summed E-state index contributed by atoms with van der Waals surface area (Å²) in [5.41, 5.74) is 1.72. The molecule has 2 aromatic heterocycles. The van der Waals surface area contributed by atoms with Crippen LogP contribution in [-0.2, 0) is 11.3 Å². The van der Waals surface area contributed by atoms with Crippen LogP contribution in [0.3, 0.4) is 0 Å². The molecule has 0 spiro atoms. The van der Waals surface area contributed by atoms with Crippen molar-refractivity contribution in [1.82, 2.24) is 14.8 Å². The molecule has 1 saturated carbocycles. The Balaban J connectivity index is 1.43. The zero-order valence-corrected chi connectivity index (χ0v) is 13.8. The zero-order chi connectivity index (χ0) is 16.5. The van der Waals surface area contributed by atoms with Gasteiger partial charge in [-0.25, -0.2) is 4.98 Å². The minimum Gasteiger partial charge on any atom is -0.302 e. The van der Waals surface area contributed by atoms with E-state index in [4.69, 9.17) is 0 Å². The summed E-state index contributed by atoms with van der Waals surface area (Å²) in [6, 6.07) is 7.28. The Morgan fingerprint density at radius 3 is 3.00 bits per heavy atom. The molecule has 0 saturated heterocycles. The average Bonchev–Trinajstić information content (AvgIpc) is 3.35. The van der Waals surface area contributed by atoms with Crippen LogP contribution in [0, 0.1) is 0 Å². The lowest BCUT2D eigenvalue weighted by Crippen LogP contribution is -2.18. The minimum atomic E-state index is -0.110. The fraction of sp³-hybridized carbons (Fsp3) is 0.294. The molecule has 4 rings (SSSR count). The predicted octanol–water partition coefficient (Wildman–Crippen LogP) is 2.76. The van der Waals surface area contributed by atoms with Crippen LogP contribution >= 0.6 is 11.3 Å². The van der Waals surface area contributed by atoms with Gasteiger partial charge in [0.25, 0.3) is 0 Å². The first-order valence-electron chi connectivity index (χ1n) is 7.91. The van der Waals surface area contributed by atoms with E-state index in [1.807, 2.05) is 23.6 Å². The summed E-state index contributed by atoms with van der Waals surface area (Å²) >= 11 is 1.47. The van der Waals surface area contributed by atoms with Crippen molar-refractivity contribution in [2.75, 3.05) is 5.32 Å². The SMILES string of the molecule is O=C(CCn1ncc(=O)c2ccccc21)Nc1nc(C2CC2)cs1. The van der Waals surface area contributed by atoms with Crippen LogP contribution in [-0.4, -0.2) is 20.7 Å². The fourth-order valence-corrected chi connectivity index (χ4v) is 3.45. The molecule has 1 aliphatic rings. The Kier molecular flexibility index (Phi) is 3.86. The summed E-state index contributed by atoms with van der Waals surface area (Å²) in [5, 5.41) is 10.3. The van der Waals surface area contributed by atoms with E-state index in [0.29, 0.717) is 23.0 Å². The van der Waals surface area contributed by atoms with Gasteiger partial charge >= 0.3 is 0 Å². The van der Waals surface area contributed by atoms with Crippen LogP contribution in [0.2, 0.25) is 0 Å². The number of fused-ring (bicyclic) bond motifs is 1. The second-order valence-electron chi connectivity index (χ2n) is 5.90. The third-order valence-electron chi connectivity index (χ3n) is 4.08. The van der Waals surface area contributed by atoms with Crippen molar-refractivity contribution in [3.8, 4) is 0 Å². The van der Waals surface area contributed by atoms with Crippen molar-refractivity contribution in [2.24, 2.45) is 0 Å². The molecule has 24 heavy (non-hydrogen) atoms. The molecule has 0 unspecified atom stereocenters. The quantitative estimate of drug-likeness (QED) is 0.775. The Hall–Kier alpha value is -2.54. The molecule has 2 heterocycles. The van der Waals surface area contributed by atoms with E-state index < -0.39 is 0 Å². The molecule has 0 bridgehead atoms. The van der Waals surface area contributed by atoms with Gasteiger partial charge in [0.2, 0.25) is 11.3 Å². The lowest BCUT2D eigenvalue weighted by atomic mass is 10.2. The van der Waals surface area contributed by atoms with Gasteiger partial charge in [0.15, 0.2) is 5.13 Å². The highest BCUT2D eigenvalue weighted by Crippen LogP contribution is 2.40. The molecule has 0 radical (unpaired) electrons. The van der Waals surface area contributed by atoms with Crippen LogP contribution in [0.5, 0.6) is 0 Å². The molecule has 1 fully saturated rings. The number of benzene rings is 1. The number of thiazole rings is 1. The highest BCUT2D eigenvalue weighted by atomic mass is 32.1. The topological polar surface area (TPSA) is 76.9 Å². The van der Waals surface area contributed by atoms with Crippen molar-refractivity contribution in [1.29, 1.82) is 0 Å². The van der Waals surface area contributed by atoms with Gasteiger partial charge in [-0.05, 0) is 25.0 Å². The normalized spacial score (nSPS) is 14.0. The Morgan fingerprint density at radius 2 is 2.17 bits per heavy atom. The standard InChI is InChI=1S/C17H16N4O2S/c22-15-9-18-21(14-4-2-1-3-12(14)15)8-7-16(23)20-17-19-13(10-24-17)11-5-6-11/h1-4,9-11H,5-8H2,(H,19,20,23). The number of carbonyl (C=O) groups is 1. The predicted molar refractivity (Wildman–Crippen MR) is 93.3 cm³/mol. The number of hydrogen-bond donors (Lipinski definition) is 1. The van der Waals surface area contributed by atoms with Gasteiger partial charge in [-0.2, -0.15) is 5.10 Å². The van der Waals surface area contributed by atoms with Gasteiger partial charge in [-0.15, -0.1) is 11.3 Å². The summed E-state index contributed by atoms with van der Waals surface area (Å²) in [4.78, 5) is 28.4. The van der Waals surface area contributed by atoms with E-state index in [0.717, 1.165) is 11.2 Å². The van der Waals surface area contributed by atoms with Crippen LogP contribution in [0.1, 0.15) is 30.9 Å². The molecule has 1 aliphatic carbocycles. The van der Waals surface area contributed by atoms with Gasteiger partial charge in [0.1, 0.15) is 0 Å². The second kappa shape index (κ2) is 6.16. The zero-order valence-electron chi connectivity index (χ0n) is 12.9. The Morgan fingerprint density at radius 1 is 1.33 bits per heavy atom. The van der Waals surface area contributed by atoms with E-state index in [2.05, 4.69) is 15.4 Å². The number of rotatable bonds is 5. The maximum atomic E-state index is 12.1. The molecule has 7 heteroatoms. The Bertz CT molecular complexity index is 958. The van der Waals surface area contributed by atoms with Crippen molar-refractivity contribution in [2.45, 2.75) is 31.7 Å². The van der Waals surface area contributed by atoms with E-state index in [9.17, 15) is 9.59 Å². The van der Waals surface area contributed by atoms with Gasteiger partial charge in [0.05, 0.1) is 24.0 Å². The largest absolute Gasteiger partial charge is 0.302 e. The summed E-state index contributed by atoms with van der Waals surface area (Å²) < 4.78 is 1.69. The number of nitrogens with zero attached hydrogens (tertiary/aromatic N) is 3. The third kappa shape index (κ3) is 3.07. The molecule has 1 amide bonds. The summed E-state index contributed by atoms with van der Waals surface area (Å²) in [5.74, 6) is 0.486. The first kappa shape index (κ1) is 15.0. The monoisotopic (exact) mass is 340 g/mol. The number of carbonyl (C=O) groups excluding carboxylic acids is 1. The van der Waals surface area contributed by atoms with Gasteiger partial charge in [-0.3, -0.25) is 14.3 Å². The second-order valence-corrected chi connectivity index (χ2v) is 6.76. The number of anilines is 1. The molecule has 0 aliphatic heterocycles. The summed E-state index contributed by atoms with van der Waals surface area (Å²) in [6.45, 7) is 0.410. The number of aryl methyl sites for hydroxylation is 1. The van der Waals surface area contributed by atoms with Crippen LogP contribution in [0.25, 0.3) is 10.9 Å². The number of para-hydroxylation sites is 1. The van der Waals surface area contributed by atoms with Gasteiger partial charge in [-0.1, -0.05) is 12.1 Å². The summed E-state index contributed by atoms with van der Waals surface area (Å²) in [6.07, 6.45) is 3.96. The molecule has 1 N–H and O–H groups in total. The average molecular weight is 340 g/mol. The lowest BCUT2D eigenvalue weighted by molar-refractivity contribution is -0.116. The van der Waals surface area contributed by atoms with Crippen LogP contribution in [0.15, 0.2) is 40.6 Å². The number of hydrogen-bond acceptors (Lipinski definition) is 5.